The molecule has 0 saturated heterocycles. The van der Waals surface area contributed by atoms with Gasteiger partial charge in [0.1, 0.15) is 0 Å². The minimum atomic E-state index is -0.455. The van der Waals surface area contributed by atoms with Crippen molar-refractivity contribution in [1.29, 1.82) is 0 Å². The summed E-state index contributed by atoms with van der Waals surface area (Å²) in [6, 6.07) is 46.7. The van der Waals surface area contributed by atoms with Gasteiger partial charge in [-0.25, -0.2) is 24.3 Å². The maximum atomic E-state index is 2.47. The second-order valence-electron chi connectivity index (χ2n) is 13.1. The third-order valence-corrected chi connectivity index (χ3v) is 12.0. The van der Waals surface area contributed by atoms with Crippen LogP contribution in [0.3, 0.4) is 0 Å². The molecular weight excluding hydrogens is 917 g/mol. The van der Waals surface area contributed by atoms with Crippen LogP contribution in [0.1, 0.15) is 44.5 Å². The largest absolute Gasteiger partial charge is 2.00 e. The summed E-state index contributed by atoms with van der Waals surface area (Å²) in [6.45, 7) is 15.1. The summed E-state index contributed by atoms with van der Waals surface area (Å²) < 4.78 is 12.6. The van der Waals surface area contributed by atoms with Crippen LogP contribution in [0.2, 0.25) is 0 Å². The Bertz CT molecular complexity index is 2160. The van der Waals surface area contributed by atoms with Gasteiger partial charge in [0.05, 0.1) is 0 Å². The third kappa shape index (κ3) is 10.6. The molecule has 0 atom stereocenters. The van der Waals surface area contributed by atoms with E-state index in [1.807, 2.05) is 60.7 Å². The van der Waals surface area contributed by atoms with Gasteiger partial charge in [0.15, 0.2) is 0 Å². The first-order valence-corrected chi connectivity index (χ1v) is 19.6. The Morgan fingerprint density at radius 1 is 0.472 bits per heavy atom. The normalized spacial score (nSPS) is 10.5. The molecule has 0 saturated carbocycles. The van der Waals surface area contributed by atoms with Crippen LogP contribution in [0.25, 0.3) is 11.4 Å². The molecule has 53 heavy (non-hydrogen) atoms. The van der Waals surface area contributed by atoms with E-state index in [1.54, 1.807) is 0 Å². The number of aromatic nitrogens is 4. The van der Waals surface area contributed by atoms with Gasteiger partial charge in [0.2, 0.25) is 0 Å². The molecule has 0 fully saturated rings. The van der Waals surface area contributed by atoms with E-state index in [4.69, 9.17) is 0 Å². The molecule has 2 heterocycles. The number of hydrogen-bond acceptors (Lipinski definition) is 0. The van der Waals surface area contributed by atoms with Crippen molar-refractivity contribution in [2.75, 3.05) is 0 Å². The molecule has 8 rings (SSSR count). The summed E-state index contributed by atoms with van der Waals surface area (Å²) in [6.07, 6.45) is 9.09. The molecule has 0 spiro atoms. The fraction of sp³-hybridized carbons (Fsp3) is 0.174. The maximum Gasteiger partial charge on any atom is 2.00 e. The Hall–Kier alpha value is -3.96. The van der Waals surface area contributed by atoms with Gasteiger partial charge in [0.25, 0.3) is 0 Å². The zero-order valence-corrected chi connectivity index (χ0v) is 35.6. The molecular formula is C46H48AuFe2N4-3. The van der Waals surface area contributed by atoms with E-state index < -0.39 is 18.8 Å². The van der Waals surface area contributed by atoms with Crippen molar-refractivity contribution < 1.29 is 53.0 Å². The second kappa shape index (κ2) is 19.9. The summed E-state index contributed by atoms with van der Waals surface area (Å²) >= 11 is -0.455. The molecule has 4 nitrogen and oxygen atoms in total. The summed E-state index contributed by atoms with van der Waals surface area (Å²) in [7, 11) is 0. The molecule has 0 aliphatic rings. The average Bonchev–Trinajstić information content (AvgIpc) is 3.93. The minimum Gasteiger partial charge on any atom is -0.214 e. The quantitative estimate of drug-likeness (QED) is 0.117. The average molecular weight is 966 g/mol. The number of imidazole rings is 2. The molecule has 2 aromatic heterocycles. The molecule has 6 aromatic carbocycles. The van der Waals surface area contributed by atoms with Crippen LogP contribution in [0.4, 0.5) is 0 Å². The number of hydrogen-bond donors (Lipinski definition) is 0. The SMILES string of the molecule is Cc1cc(C)c(-n2ccn(C[c-]3cccc3)[c]2=[Au-3]=[c]2n(C[c-]3cccc3)ccn2-c2c(C)cc(C)cc2C)c(C)c1.[Fe+2].[Fe+2].c1cc[cH-]c1.c1cc[cH-]c1. The molecule has 282 valence electrons. The van der Waals surface area contributed by atoms with Crippen molar-refractivity contribution in [3.63, 3.8) is 0 Å². The molecule has 0 radical (unpaired) electrons. The molecule has 0 bridgehead atoms. The van der Waals surface area contributed by atoms with Crippen LogP contribution in [0.5, 0.6) is 0 Å². The van der Waals surface area contributed by atoms with E-state index in [1.165, 1.54) is 63.1 Å². The molecule has 7 heteroatoms. The molecule has 0 amide bonds. The topological polar surface area (TPSA) is 19.7 Å². The Balaban J connectivity index is 0.000000453. The van der Waals surface area contributed by atoms with Gasteiger partial charge in [0, 0.05) is 0 Å². The molecule has 0 aliphatic carbocycles. The van der Waals surface area contributed by atoms with Crippen molar-refractivity contribution >= 4 is 0 Å². The van der Waals surface area contributed by atoms with Gasteiger partial charge in [-0.15, -0.1) is 0 Å². The van der Waals surface area contributed by atoms with Crippen LogP contribution in [0, 0.1) is 48.8 Å². The first kappa shape index (κ1) is 41.8. The smallest absolute Gasteiger partial charge is 0.214 e. The summed E-state index contributed by atoms with van der Waals surface area (Å²) in [5.74, 6) is 0. The molecule has 0 N–H and O–H groups in total. The van der Waals surface area contributed by atoms with Gasteiger partial charge in [-0.05, 0) is 0 Å². The van der Waals surface area contributed by atoms with E-state index in [2.05, 4.69) is 157 Å². The fourth-order valence-electron chi connectivity index (χ4n) is 6.73. The van der Waals surface area contributed by atoms with Gasteiger partial charge >= 0.3 is 287 Å². The number of benzene rings is 2. The molecule has 0 unspecified atom stereocenters. The number of aryl methyl sites for hydroxylation is 6. The first-order valence-electron chi connectivity index (χ1n) is 17.5. The van der Waals surface area contributed by atoms with Crippen molar-refractivity contribution in [2.24, 2.45) is 0 Å². The maximum absolute atomic E-state index is 2.47. The third-order valence-electron chi connectivity index (χ3n) is 8.75. The Morgan fingerprint density at radius 3 is 1.08 bits per heavy atom. The van der Waals surface area contributed by atoms with E-state index in [-0.39, 0.29) is 34.1 Å². The van der Waals surface area contributed by atoms with Gasteiger partial charge in [-0.1, -0.05) is 0 Å². The minimum absolute atomic E-state index is 0. The standard InChI is InChI=1S/2C18H19N2.2C5H5.Au.2Fe/c2*1-14-10-15(2)18(16(3)11-14)20-9-8-19(13-20)12-17-6-4-5-7-17;2*1-2-4-5-3-1;;;/h2*4-11H,12H2,1-3H3;2*1-5H;;;/q4*-1;-3;2*+2. The molecule has 0 aliphatic heterocycles. The Morgan fingerprint density at radius 2 is 0.792 bits per heavy atom. The monoisotopic (exact) mass is 965 g/mol. The van der Waals surface area contributed by atoms with Crippen LogP contribution in [-0.4, -0.2) is 18.3 Å². The van der Waals surface area contributed by atoms with Crippen molar-refractivity contribution in [1.82, 2.24) is 18.3 Å². The van der Waals surface area contributed by atoms with Crippen LogP contribution in [0.15, 0.2) is 158 Å². The predicted molar refractivity (Wildman–Crippen MR) is 209 cm³/mol. The fourth-order valence-corrected chi connectivity index (χ4v) is 9.78. The van der Waals surface area contributed by atoms with Crippen molar-refractivity contribution in [2.45, 2.75) is 54.6 Å². The van der Waals surface area contributed by atoms with Crippen molar-refractivity contribution in [3.8, 4) is 11.4 Å². The van der Waals surface area contributed by atoms with Gasteiger partial charge < -0.3 is 0 Å². The van der Waals surface area contributed by atoms with E-state index in [9.17, 15) is 0 Å². The zero-order chi connectivity index (χ0) is 35.7. The first-order chi connectivity index (χ1) is 24.8. The number of nitrogens with zero attached hydrogens (tertiary/aromatic N) is 4. The zero-order valence-electron chi connectivity index (χ0n) is 31.2. The predicted octanol–water partition coefficient (Wildman–Crippen LogP) is 10.9. The molecule has 8 aromatic rings. The second-order valence-corrected chi connectivity index (χ2v) is 15.6. The number of rotatable bonds is 6. The Labute approximate surface area is 344 Å². The van der Waals surface area contributed by atoms with Gasteiger partial charge in [-0.3, -0.25) is 0 Å². The van der Waals surface area contributed by atoms with Crippen molar-refractivity contribution in [3.05, 3.63) is 210 Å². The van der Waals surface area contributed by atoms with Crippen LogP contribution in [-0.2, 0) is 66.0 Å². The van der Waals surface area contributed by atoms with E-state index in [0.717, 1.165) is 13.1 Å². The summed E-state index contributed by atoms with van der Waals surface area (Å²) in [5.41, 5.74) is 13.1. The van der Waals surface area contributed by atoms with E-state index >= 15 is 0 Å². The summed E-state index contributed by atoms with van der Waals surface area (Å²) in [5, 5.41) is 0. The van der Waals surface area contributed by atoms with Crippen LogP contribution >= 0.6 is 0 Å². The van der Waals surface area contributed by atoms with E-state index in [0.29, 0.717) is 0 Å². The van der Waals surface area contributed by atoms with Crippen LogP contribution < -0.4 is 0 Å². The summed E-state index contributed by atoms with van der Waals surface area (Å²) in [4.78, 5) is 0. The van der Waals surface area contributed by atoms with Gasteiger partial charge in [-0.2, -0.15) is 36.4 Å². The Kier molecular flexibility index (Phi) is 15.7.